The molecule has 5 nitrogen and oxygen atoms in total. The first kappa shape index (κ1) is 11.7. The molecule has 1 aliphatic rings. The van der Waals surface area contributed by atoms with E-state index in [-0.39, 0.29) is 11.5 Å². The quantitative estimate of drug-likeness (QED) is 0.837. The molecule has 96 valence electrons. The summed E-state index contributed by atoms with van der Waals surface area (Å²) in [7, 11) is 0. The molecule has 0 spiro atoms. The van der Waals surface area contributed by atoms with E-state index in [1.165, 1.54) is 12.1 Å². The number of hydrogen-bond donors (Lipinski definition) is 1. The summed E-state index contributed by atoms with van der Waals surface area (Å²) in [5.41, 5.74) is 0.427. The van der Waals surface area contributed by atoms with Gasteiger partial charge in [0.15, 0.2) is 0 Å². The van der Waals surface area contributed by atoms with E-state index in [4.69, 9.17) is 5.26 Å². The first-order valence-corrected chi connectivity index (χ1v) is 5.93. The van der Waals surface area contributed by atoms with Gasteiger partial charge in [-0.05, 0) is 13.0 Å². The van der Waals surface area contributed by atoms with Crippen molar-refractivity contribution in [3.05, 3.63) is 34.1 Å². The van der Waals surface area contributed by atoms with Crippen molar-refractivity contribution < 1.29 is 4.39 Å². The number of halogens is 1. The van der Waals surface area contributed by atoms with E-state index >= 15 is 0 Å². The Balaban J connectivity index is 2.10. The maximum absolute atomic E-state index is 14.0. The molecule has 1 fully saturated rings. The van der Waals surface area contributed by atoms with Gasteiger partial charge in [0.2, 0.25) is 0 Å². The number of aromatic amines is 1. The number of hydrogen-bond acceptors (Lipinski definition) is 4. The minimum absolute atomic E-state index is 0.0653. The van der Waals surface area contributed by atoms with Gasteiger partial charge in [-0.15, -0.1) is 0 Å². The summed E-state index contributed by atoms with van der Waals surface area (Å²) in [6.07, 6.45) is 0. The molecule has 19 heavy (non-hydrogen) atoms. The average molecular weight is 258 g/mol. The van der Waals surface area contributed by atoms with Crippen molar-refractivity contribution in [1.82, 2.24) is 9.97 Å². The zero-order chi connectivity index (χ0) is 13.6. The van der Waals surface area contributed by atoms with Gasteiger partial charge < -0.3 is 9.88 Å². The number of rotatable bonds is 1. The molecule has 3 rings (SSSR count). The summed E-state index contributed by atoms with van der Waals surface area (Å²) in [6.45, 7) is 2.64. The lowest BCUT2D eigenvalue weighted by atomic mass is 10.0. The summed E-state index contributed by atoms with van der Waals surface area (Å²) >= 11 is 0. The third-order valence-corrected chi connectivity index (χ3v) is 3.30. The molecule has 1 saturated heterocycles. The van der Waals surface area contributed by atoms with Gasteiger partial charge in [0.05, 0.1) is 28.6 Å². The lowest BCUT2D eigenvalue weighted by molar-refractivity contribution is 0.491. The molecule has 0 bridgehead atoms. The third kappa shape index (κ3) is 1.83. The van der Waals surface area contributed by atoms with E-state index in [0.29, 0.717) is 35.5 Å². The SMILES string of the molecule is Cc1nc2cc(F)c(N3CC(C#N)C3)cc2c(=O)[nH]1. The largest absolute Gasteiger partial charge is 0.366 e. The van der Waals surface area contributed by atoms with Gasteiger partial charge in [0.25, 0.3) is 5.56 Å². The van der Waals surface area contributed by atoms with Crippen LogP contribution in [0.4, 0.5) is 10.1 Å². The minimum atomic E-state index is -0.415. The van der Waals surface area contributed by atoms with Crippen molar-refractivity contribution in [1.29, 1.82) is 5.26 Å². The van der Waals surface area contributed by atoms with Crippen molar-refractivity contribution in [3.63, 3.8) is 0 Å². The Labute approximate surface area is 108 Å². The molecule has 0 amide bonds. The Morgan fingerprint density at radius 2 is 2.26 bits per heavy atom. The van der Waals surface area contributed by atoms with Crippen LogP contribution in [0.15, 0.2) is 16.9 Å². The summed E-state index contributed by atoms with van der Waals surface area (Å²) in [6, 6.07) is 4.91. The molecular weight excluding hydrogens is 247 g/mol. The number of nitrogens with zero attached hydrogens (tertiary/aromatic N) is 3. The predicted octanol–water partition coefficient (Wildman–Crippen LogP) is 1.33. The first-order chi connectivity index (χ1) is 9.08. The van der Waals surface area contributed by atoms with Crippen LogP contribution in [0, 0.1) is 30.0 Å². The highest BCUT2D eigenvalue weighted by molar-refractivity contribution is 5.82. The van der Waals surface area contributed by atoms with Crippen LogP contribution in [0.2, 0.25) is 0 Å². The van der Waals surface area contributed by atoms with Gasteiger partial charge in [-0.25, -0.2) is 9.37 Å². The Morgan fingerprint density at radius 1 is 1.53 bits per heavy atom. The Kier molecular flexibility index (Phi) is 2.49. The van der Waals surface area contributed by atoms with Gasteiger partial charge in [-0.3, -0.25) is 4.79 Å². The topological polar surface area (TPSA) is 72.8 Å². The summed E-state index contributed by atoms with van der Waals surface area (Å²) in [4.78, 5) is 20.3. The molecule has 1 aromatic carbocycles. The number of fused-ring (bicyclic) bond motifs is 1. The zero-order valence-corrected chi connectivity index (χ0v) is 10.3. The van der Waals surface area contributed by atoms with Crippen LogP contribution in [0.25, 0.3) is 10.9 Å². The number of aromatic nitrogens is 2. The van der Waals surface area contributed by atoms with E-state index in [1.54, 1.807) is 11.8 Å². The lowest BCUT2D eigenvalue weighted by Crippen LogP contribution is -2.46. The molecule has 0 unspecified atom stereocenters. The van der Waals surface area contributed by atoms with Gasteiger partial charge in [-0.2, -0.15) is 5.26 Å². The van der Waals surface area contributed by atoms with Gasteiger partial charge >= 0.3 is 0 Å². The number of benzene rings is 1. The zero-order valence-electron chi connectivity index (χ0n) is 10.3. The average Bonchev–Trinajstić information content (AvgIpc) is 2.28. The van der Waals surface area contributed by atoms with Crippen molar-refractivity contribution in [2.24, 2.45) is 5.92 Å². The molecular formula is C13H11FN4O. The van der Waals surface area contributed by atoms with Crippen LogP contribution in [0.3, 0.4) is 0 Å². The Hall–Kier alpha value is -2.42. The highest BCUT2D eigenvalue weighted by atomic mass is 19.1. The number of anilines is 1. The first-order valence-electron chi connectivity index (χ1n) is 5.93. The highest BCUT2D eigenvalue weighted by Gasteiger charge is 2.28. The number of nitriles is 1. The molecule has 0 radical (unpaired) electrons. The summed E-state index contributed by atoms with van der Waals surface area (Å²) < 4.78 is 14.0. The number of H-pyrrole nitrogens is 1. The molecule has 0 aliphatic carbocycles. The predicted molar refractivity (Wildman–Crippen MR) is 68.4 cm³/mol. The Bertz CT molecular complexity index is 756. The molecule has 1 aromatic heterocycles. The van der Waals surface area contributed by atoms with Crippen LogP contribution in [0.5, 0.6) is 0 Å². The molecule has 2 heterocycles. The molecule has 1 aliphatic heterocycles. The van der Waals surface area contributed by atoms with E-state index in [1.807, 2.05) is 0 Å². The smallest absolute Gasteiger partial charge is 0.258 e. The molecule has 6 heteroatoms. The maximum Gasteiger partial charge on any atom is 0.258 e. The van der Waals surface area contributed by atoms with Crippen molar-refractivity contribution in [2.75, 3.05) is 18.0 Å². The van der Waals surface area contributed by atoms with Crippen LogP contribution in [-0.2, 0) is 0 Å². The van der Waals surface area contributed by atoms with Gasteiger partial charge in [0, 0.05) is 19.2 Å². The molecule has 1 N–H and O–H groups in total. The molecule has 2 aromatic rings. The van der Waals surface area contributed by atoms with Crippen LogP contribution in [0.1, 0.15) is 5.82 Å². The van der Waals surface area contributed by atoms with Crippen molar-refractivity contribution >= 4 is 16.6 Å². The van der Waals surface area contributed by atoms with Crippen LogP contribution < -0.4 is 10.5 Å². The second-order valence-corrected chi connectivity index (χ2v) is 4.70. The molecule has 0 atom stereocenters. The van der Waals surface area contributed by atoms with E-state index in [2.05, 4.69) is 16.0 Å². The maximum atomic E-state index is 14.0. The third-order valence-electron chi connectivity index (χ3n) is 3.30. The van der Waals surface area contributed by atoms with E-state index in [0.717, 1.165) is 0 Å². The summed E-state index contributed by atoms with van der Waals surface area (Å²) in [5.74, 6) is -0.0240. The standard InChI is InChI=1S/C13H11FN4O/c1-7-16-11-3-10(14)12(2-9(11)13(19)17-7)18-5-8(4-15)6-18/h2-3,8H,5-6H2,1H3,(H,16,17,19). The fourth-order valence-corrected chi connectivity index (χ4v) is 2.27. The monoisotopic (exact) mass is 258 g/mol. The normalized spacial score (nSPS) is 15.3. The Morgan fingerprint density at radius 3 is 2.95 bits per heavy atom. The minimum Gasteiger partial charge on any atom is -0.366 e. The second kappa shape index (κ2) is 4.05. The van der Waals surface area contributed by atoms with Crippen LogP contribution in [-0.4, -0.2) is 23.1 Å². The lowest BCUT2D eigenvalue weighted by Gasteiger charge is -2.37. The van der Waals surface area contributed by atoms with E-state index in [9.17, 15) is 9.18 Å². The fourth-order valence-electron chi connectivity index (χ4n) is 2.27. The van der Waals surface area contributed by atoms with Crippen molar-refractivity contribution in [3.8, 4) is 6.07 Å². The van der Waals surface area contributed by atoms with Crippen LogP contribution >= 0.6 is 0 Å². The highest BCUT2D eigenvalue weighted by Crippen LogP contribution is 2.29. The second-order valence-electron chi connectivity index (χ2n) is 4.70. The van der Waals surface area contributed by atoms with Gasteiger partial charge in [-0.1, -0.05) is 0 Å². The van der Waals surface area contributed by atoms with Crippen molar-refractivity contribution in [2.45, 2.75) is 6.92 Å². The number of aryl methyl sites for hydroxylation is 1. The van der Waals surface area contributed by atoms with Gasteiger partial charge in [0.1, 0.15) is 11.6 Å². The fraction of sp³-hybridized carbons (Fsp3) is 0.308. The number of nitrogens with one attached hydrogen (secondary N) is 1. The summed E-state index contributed by atoms with van der Waals surface area (Å²) in [5, 5.41) is 9.09. The van der Waals surface area contributed by atoms with E-state index < -0.39 is 5.82 Å². The molecule has 0 saturated carbocycles.